The molecular formula is C14H18ClN3O. The van der Waals surface area contributed by atoms with Crippen LogP contribution in [-0.4, -0.2) is 43.8 Å². The van der Waals surface area contributed by atoms with Crippen LogP contribution in [0.25, 0.3) is 0 Å². The molecule has 1 aliphatic rings. The van der Waals surface area contributed by atoms with Crippen LogP contribution in [0.15, 0.2) is 18.2 Å². The van der Waals surface area contributed by atoms with Crippen LogP contribution in [0.3, 0.4) is 0 Å². The number of benzene rings is 1. The summed E-state index contributed by atoms with van der Waals surface area (Å²) in [5, 5.41) is 13.1. The topological polar surface area (TPSA) is 48.3 Å². The molecule has 4 nitrogen and oxygen atoms in total. The second kappa shape index (κ2) is 6.76. The Balaban J connectivity index is 1.96. The standard InChI is InChI=1S/C14H18ClN3O/c1-11(10-18-4-6-19-7-5-18)17-14-8-13(15)3-2-12(14)9-16/h2-3,8,11,17H,4-7,10H2,1H3. The van der Waals surface area contributed by atoms with Gasteiger partial charge in [0.1, 0.15) is 6.07 Å². The van der Waals surface area contributed by atoms with E-state index in [1.54, 1.807) is 18.2 Å². The molecule has 0 spiro atoms. The summed E-state index contributed by atoms with van der Waals surface area (Å²) < 4.78 is 5.33. The van der Waals surface area contributed by atoms with E-state index in [0.29, 0.717) is 10.6 Å². The maximum absolute atomic E-state index is 9.08. The minimum atomic E-state index is 0.253. The lowest BCUT2D eigenvalue weighted by Crippen LogP contribution is -2.42. The predicted molar refractivity (Wildman–Crippen MR) is 76.5 cm³/mol. The van der Waals surface area contributed by atoms with Crippen LogP contribution in [0.4, 0.5) is 5.69 Å². The van der Waals surface area contributed by atoms with Crippen molar-refractivity contribution in [3.8, 4) is 6.07 Å². The van der Waals surface area contributed by atoms with Gasteiger partial charge >= 0.3 is 0 Å². The second-order valence-corrected chi connectivity index (χ2v) is 5.20. The third kappa shape index (κ3) is 4.10. The zero-order valence-corrected chi connectivity index (χ0v) is 11.8. The average Bonchev–Trinajstić information content (AvgIpc) is 2.40. The number of rotatable bonds is 4. The number of hydrogen-bond acceptors (Lipinski definition) is 4. The van der Waals surface area contributed by atoms with E-state index in [9.17, 15) is 0 Å². The first kappa shape index (κ1) is 14.1. The van der Waals surface area contributed by atoms with E-state index < -0.39 is 0 Å². The van der Waals surface area contributed by atoms with Gasteiger partial charge in [-0.3, -0.25) is 4.90 Å². The fourth-order valence-electron chi connectivity index (χ4n) is 2.22. The molecule has 102 valence electrons. The van der Waals surface area contributed by atoms with Crippen molar-refractivity contribution in [1.29, 1.82) is 5.26 Å². The number of anilines is 1. The quantitative estimate of drug-likeness (QED) is 0.919. The Hall–Kier alpha value is -1.28. The molecule has 0 aromatic heterocycles. The smallest absolute Gasteiger partial charge is 0.101 e. The normalized spacial score (nSPS) is 17.7. The molecule has 1 atom stereocenters. The van der Waals surface area contributed by atoms with E-state index in [-0.39, 0.29) is 6.04 Å². The Morgan fingerprint density at radius 1 is 1.47 bits per heavy atom. The van der Waals surface area contributed by atoms with E-state index in [2.05, 4.69) is 23.2 Å². The molecular weight excluding hydrogens is 262 g/mol. The van der Waals surface area contributed by atoms with Gasteiger partial charge in [-0.15, -0.1) is 0 Å². The van der Waals surface area contributed by atoms with Gasteiger partial charge in [0.2, 0.25) is 0 Å². The zero-order valence-electron chi connectivity index (χ0n) is 11.0. The Morgan fingerprint density at radius 2 is 2.21 bits per heavy atom. The number of nitrogens with one attached hydrogen (secondary N) is 1. The number of halogens is 1. The predicted octanol–water partition coefficient (Wildman–Crippen LogP) is 2.34. The lowest BCUT2D eigenvalue weighted by Gasteiger charge is -2.29. The minimum Gasteiger partial charge on any atom is -0.380 e. The molecule has 0 saturated carbocycles. The summed E-state index contributed by atoms with van der Waals surface area (Å²) in [6.07, 6.45) is 0. The Labute approximate surface area is 118 Å². The summed E-state index contributed by atoms with van der Waals surface area (Å²) in [5.74, 6) is 0. The van der Waals surface area contributed by atoms with Gasteiger partial charge in [-0.1, -0.05) is 11.6 Å². The molecule has 1 heterocycles. The first-order chi connectivity index (χ1) is 9.19. The largest absolute Gasteiger partial charge is 0.380 e. The number of hydrogen-bond donors (Lipinski definition) is 1. The summed E-state index contributed by atoms with van der Waals surface area (Å²) in [7, 11) is 0. The zero-order chi connectivity index (χ0) is 13.7. The first-order valence-corrected chi connectivity index (χ1v) is 6.83. The molecule has 0 aliphatic carbocycles. The Kier molecular flexibility index (Phi) is 5.03. The number of ether oxygens (including phenoxy) is 1. The van der Waals surface area contributed by atoms with Gasteiger partial charge in [-0.25, -0.2) is 0 Å². The van der Waals surface area contributed by atoms with E-state index in [4.69, 9.17) is 21.6 Å². The molecule has 1 saturated heterocycles. The maximum Gasteiger partial charge on any atom is 0.101 e. The molecule has 0 radical (unpaired) electrons. The van der Waals surface area contributed by atoms with Crippen LogP contribution < -0.4 is 5.32 Å². The van der Waals surface area contributed by atoms with Crippen LogP contribution in [0.2, 0.25) is 5.02 Å². The van der Waals surface area contributed by atoms with Gasteiger partial charge in [0.25, 0.3) is 0 Å². The van der Waals surface area contributed by atoms with Crippen molar-refractivity contribution in [3.63, 3.8) is 0 Å². The van der Waals surface area contributed by atoms with Gasteiger partial charge in [-0.05, 0) is 25.1 Å². The highest BCUT2D eigenvalue weighted by atomic mass is 35.5. The fourth-order valence-corrected chi connectivity index (χ4v) is 2.39. The lowest BCUT2D eigenvalue weighted by molar-refractivity contribution is 0.0368. The SMILES string of the molecule is CC(CN1CCOCC1)Nc1cc(Cl)ccc1C#N. The molecule has 1 N–H and O–H groups in total. The number of morpholine rings is 1. The third-order valence-electron chi connectivity index (χ3n) is 3.14. The van der Waals surface area contributed by atoms with Crippen LogP contribution in [0.1, 0.15) is 12.5 Å². The molecule has 0 bridgehead atoms. The van der Waals surface area contributed by atoms with Gasteiger partial charge in [0, 0.05) is 30.7 Å². The molecule has 5 heteroatoms. The fraction of sp³-hybridized carbons (Fsp3) is 0.500. The highest BCUT2D eigenvalue weighted by Crippen LogP contribution is 2.21. The van der Waals surface area contributed by atoms with Crippen molar-refractivity contribution in [3.05, 3.63) is 28.8 Å². The van der Waals surface area contributed by atoms with E-state index in [0.717, 1.165) is 38.5 Å². The van der Waals surface area contributed by atoms with Crippen molar-refractivity contribution in [1.82, 2.24) is 4.90 Å². The van der Waals surface area contributed by atoms with E-state index in [1.807, 2.05) is 0 Å². The maximum atomic E-state index is 9.08. The van der Waals surface area contributed by atoms with Gasteiger partial charge in [0.15, 0.2) is 0 Å². The van der Waals surface area contributed by atoms with Crippen molar-refractivity contribution in [2.75, 3.05) is 38.2 Å². The first-order valence-electron chi connectivity index (χ1n) is 6.45. The van der Waals surface area contributed by atoms with Gasteiger partial charge in [0.05, 0.1) is 24.5 Å². The summed E-state index contributed by atoms with van der Waals surface area (Å²) in [4.78, 5) is 2.36. The van der Waals surface area contributed by atoms with Gasteiger partial charge < -0.3 is 10.1 Å². The summed E-state index contributed by atoms with van der Waals surface area (Å²) >= 11 is 5.97. The van der Waals surface area contributed by atoms with Crippen molar-refractivity contribution in [2.45, 2.75) is 13.0 Å². The van der Waals surface area contributed by atoms with Crippen molar-refractivity contribution in [2.24, 2.45) is 0 Å². The van der Waals surface area contributed by atoms with E-state index >= 15 is 0 Å². The van der Waals surface area contributed by atoms with Crippen molar-refractivity contribution >= 4 is 17.3 Å². The molecule has 1 fully saturated rings. The number of nitriles is 1. The molecule has 1 aliphatic heterocycles. The monoisotopic (exact) mass is 279 g/mol. The minimum absolute atomic E-state index is 0.253. The summed E-state index contributed by atoms with van der Waals surface area (Å²) in [5.41, 5.74) is 1.42. The average molecular weight is 280 g/mol. The lowest BCUT2D eigenvalue weighted by atomic mass is 10.1. The summed E-state index contributed by atoms with van der Waals surface area (Å²) in [6, 6.07) is 7.71. The van der Waals surface area contributed by atoms with Crippen LogP contribution in [0.5, 0.6) is 0 Å². The molecule has 19 heavy (non-hydrogen) atoms. The highest BCUT2D eigenvalue weighted by Gasteiger charge is 2.14. The second-order valence-electron chi connectivity index (χ2n) is 4.76. The molecule has 0 amide bonds. The molecule has 1 aromatic carbocycles. The third-order valence-corrected chi connectivity index (χ3v) is 3.37. The van der Waals surface area contributed by atoms with Crippen LogP contribution >= 0.6 is 11.6 Å². The summed E-state index contributed by atoms with van der Waals surface area (Å²) in [6.45, 7) is 6.57. The highest BCUT2D eigenvalue weighted by molar-refractivity contribution is 6.30. The molecule has 1 unspecified atom stereocenters. The van der Waals surface area contributed by atoms with Crippen molar-refractivity contribution < 1.29 is 4.74 Å². The Morgan fingerprint density at radius 3 is 2.89 bits per heavy atom. The number of nitrogens with zero attached hydrogens (tertiary/aromatic N) is 2. The van der Waals surface area contributed by atoms with E-state index in [1.165, 1.54) is 0 Å². The van der Waals surface area contributed by atoms with Crippen LogP contribution in [0, 0.1) is 11.3 Å². The van der Waals surface area contributed by atoms with Crippen LogP contribution in [-0.2, 0) is 4.74 Å². The molecule has 1 aromatic rings. The Bertz CT molecular complexity index is 466. The molecule has 2 rings (SSSR count). The van der Waals surface area contributed by atoms with Gasteiger partial charge in [-0.2, -0.15) is 5.26 Å².